The molecule has 0 amide bonds. The average Bonchev–Trinajstić information content (AvgIpc) is 2.33. The lowest BCUT2D eigenvalue weighted by Crippen LogP contribution is -2.44. The van der Waals surface area contributed by atoms with Crippen molar-refractivity contribution in [3.63, 3.8) is 0 Å². The van der Waals surface area contributed by atoms with Gasteiger partial charge in [-0.2, -0.15) is 0 Å². The van der Waals surface area contributed by atoms with E-state index in [1.165, 1.54) is 0 Å². The quantitative estimate of drug-likeness (QED) is 0.767. The minimum Gasteiger partial charge on any atom is -0.339 e. The number of nitrogens with zero attached hydrogens (tertiary/aromatic N) is 3. The van der Waals surface area contributed by atoms with Crippen LogP contribution in [0.25, 0.3) is 0 Å². The normalized spacial score (nSPS) is 17.8. The van der Waals surface area contributed by atoms with Gasteiger partial charge >= 0.3 is 0 Å². The summed E-state index contributed by atoms with van der Waals surface area (Å²) in [5.41, 5.74) is 1.07. The summed E-state index contributed by atoms with van der Waals surface area (Å²) >= 11 is 7.10. The van der Waals surface area contributed by atoms with E-state index in [0.717, 1.165) is 35.6 Å². The lowest BCUT2D eigenvalue weighted by Gasteiger charge is -2.35. The van der Waals surface area contributed by atoms with Crippen LogP contribution in [0.2, 0.25) is 0 Å². The fraction of sp³-hybridized carbons (Fsp3) is 0.455. The van der Waals surface area contributed by atoms with Crippen molar-refractivity contribution in [2.24, 2.45) is 0 Å². The zero-order valence-electron chi connectivity index (χ0n) is 9.30. The maximum absolute atomic E-state index is 5.36. The highest BCUT2D eigenvalue weighted by Crippen LogP contribution is 2.19. The van der Waals surface area contributed by atoms with Crippen molar-refractivity contribution in [2.75, 3.05) is 19.1 Å². The minimum absolute atomic E-state index is 0.809. The molecule has 5 heteroatoms. The maximum Gasteiger partial charge on any atom is 0.139 e. The zero-order valence-corrected chi connectivity index (χ0v) is 10.9. The highest BCUT2D eigenvalue weighted by Gasteiger charge is 2.20. The van der Waals surface area contributed by atoms with Crippen molar-refractivity contribution in [3.8, 4) is 0 Å². The van der Waals surface area contributed by atoms with Gasteiger partial charge < -0.3 is 4.90 Å². The van der Waals surface area contributed by atoms with Gasteiger partial charge in [-0.3, -0.25) is 9.88 Å². The van der Waals surface area contributed by atoms with E-state index in [4.69, 9.17) is 12.2 Å². The molecular formula is C11H15N3S2. The molecule has 0 spiro atoms. The number of aromatic nitrogens is 1. The zero-order chi connectivity index (χ0) is 11.4. The molecule has 0 radical (unpaired) electrons. The Bertz CT molecular complexity index is 356. The van der Waals surface area contributed by atoms with Gasteiger partial charge in [-0.05, 0) is 18.7 Å². The molecule has 1 fully saturated rings. The first kappa shape index (κ1) is 11.8. The van der Waals surface area contributed by atoms with Gasteiger partial charge in [0.1, 0.15) is 4.32 Å². The van der Waals surface area contributed by atoms with Crippen LogP contribution in [0.1, 0.15) is 12.6 Å². The average molecular weight is 253 g/mol. The summed E-state index contributed by atoms with van der Waals surface area (Å²) in [7, 11) is 0. The second-order valence-electron chi connectivity index (χ2n) is 3.69. The van der Waals surface area contributed by atoms with Crippen LogP contribution < -0.4 is 0 Å². The third kappa shape index (κ3) is 2.93. The Morgan fingerprint density at radius 3 is 3.06 bits per heavy atom. The number of thioether (sulfide) groups is 1. The highest BCUT2D eigenvalue weighted by molar-refractivity contribution is 8.22. The molecule has 0 unspecified atom stereocenters. The van der Waals surface area contributed by atoms with Crippen LogP contribution in [-0.2, 0) is 6.54 Å². The van der Waals surface area contributed by atoms with Gasteiger partial charge in [0.15, 0.2) is 0 Å². The molecule has 1 saturated heterocycles. The summed E-state index contributed by atoms with van der Waals surface area (Å²) in [5.74, 6) is 1.01. The molecule has 0 aliphatic carbocycles. The largest absolute Gasteiger partial charge is 0.339 e. The molecule has 0 aromatic carbocycles. The Morgan fingerprint density at radius 1 is 1.50 bits per heavy atom. The Balaban J connectivity index is 2.00. The lowest BCUT2D eigenvalue weighted by atomic mass is 10.3. The lowest BCUT2D eigenvalue weighted by molar-refractivity contribution is 0.215. The molecule has 86 valence electrons. The van der Waals surface area contributed by atoms with E-state index < -0.39 is 0 Å². The number of rotatable bonds is 3. The number of thiocarbonyl (C=S) groups is 1. The molecule has 1 aliphatic heterocycles. The van der Waals surface area contributed by atoms with Crippen LogP contribution >= 0.6 is 24.0 Å². The van der Waals surface area contributed by atoms with Gasteiger partial charge in [0.05, 0.1) is 24.8 Å². The standard InChI is InChI=1S/C11H15N3S2/c1-2-13-8-14(11(15)16-9-13)7-10-5-3-4-6-12-10/h3-6H,2,7-9H2,1H3. The van der Waals surface area contributed by atoms with Gasteiger partial charge in [-0.1, -0.05) is 37.0 Å². The summed E-state index contributed by atoms with van der Waals surface area (Å²) in [6.07, 6.45) is 1.83. The van der Waals surface area contributed by atoms with E-state index in [1.54, 1.807) is 11.8 Å². The summed E-state index contributed by atoms with van der Waals surface area (Å²) in [6.45, 7) is 4.96. The van der Waals surface area contributed by atoms with Crippen LogP contribution in [0.15, 0.2) is 24.4 Å². The smallest absolute Gasteiger partial charge is 0.139 e. The molecule has 2 heterocycles. The van der Waals surface area contributed by atoms with Crippen LogP contribution in [0, 0.1) is 0 Å². The molecule has 1 aromatic rings. The number of pyridine rings is 1. The van der Waals surface area contributed by atoms with Crippen molar-refractivity contribution in [3.05, 3.63) is 30.1 Å². The topological polar surface area (TPSA) is 19.4 Å². The Hall–Kier alpha value is -0.650. The Morgan fingerprint density at radius 2 is 2.38 bits per heavy atom. The number of hydrogen-bond acceptors (Lipinski definition) is 4. The third-order valence-corrected chi connectivity index (χ3v) is 4.14. The van der Waals surface area contributed by atoms with E-state index in [-0.39, 0.29) is 0 Å². The van der Waals surface area contributed by atoms with Crippen molar-refractivity contribution >= 4 is 28.3 Å². The molecule has 3 nitrogen and oxygen atoms in total. The van der Waals surface area contributed by atoms with E-state index in [0.29, 0.717) is 0 Å². The first-order valence-electron chi connectivity index (χ1n) is 5.33. The van der Waals surface area contributed by atoms with Gasteiger partial charge in [0, 0.05) is 6.20 Å². The predicted molar refractivity (Wildman–Crippen MR) is 72.1 cm³/mol. The second-order valence-corrected chi connectivity index (χ2v) is 5.27. The fourth-order valence-electron chi connectivity index (χ4n) is 1.57. The van der Waals surface area contributed by atoms with E-state index >= 15 is 0 Å². The van der Waals surface area contributed by atoms with E-state index in [2.05, 4.69) is 21.7 Å². The molecule has 0 N–H and O–H groups in total. The molecule has 0 bridgehead atoms. The molecular weight excluding hydrogens is 238 g/mol. The number of hydrogen-bond donors (Lipinski definition) is 0. The van der Waals surface area contributed by atoms with Crippen molar-refractivity contribution < 1.29 is 0 Å². The van der Waals surface area contributed by atoms with Crippen LogP contribution in [0.4, 0.5) is 0 Å². The minimum atomic E-state index is 0.809. The van der Waals surface area contributed by atoms with Crippen LogP contribution in [0.5, 0.6) is 0 Å². The van der Waals surface area contributed by atoms with Crippen molar-refractivity contribution in [1.29, 1.82) is 0 Å². The first-order chi connectivity index (χ1) is 7.79. The molecule has 16 heavy (non-hydrogen) atoms. The van der Waals surface area contributed by atoms with E-state index in [9.17, 15) is 0 Å². The first-order valence-corrected chi connectivity index (χ1v) is 6.73. The predicted octanol–water partition coefficient (Wildman–Crippen LogP) is 2.15. The van der Waals surface area contributed by atoms with Gasteiger partial charge in [-0.25, -0.2) is 0 Å². The summed E-state index contributed by atoms with van der Waals surface area (Å²) in [6, 6.07) is 5.99. The summed E-state index contributed by atoms with van der Waals surface area (Å²) in [5, 5.41) is 0. The van der Waals surface area contributed by atoms with Gasteiger partial charge in [-0.15, -0.1) is 0 Å². The Kier molecular flexibility index (Phi) is 4.15. The van der Waals surface area contributed by atoms with Crippen molar-refractivity contribution in [1.82, 2.24) is 14.8 Å². The third-order valence-electron chi connectivity index (χ3n) is 2.53. The Labute approximate surface area is 106 Å². The molecule has 0 atom stereocenters. The summed E-state index contributed by atoms with van der Waals surface area (Å²) in [4.78, 5) is 8.90. The van der Waals surface area contributed by atoms with Gasteiger partial charge in [0.2, 0.25) is 0 Å². The SMILES string of the molecule is CCN1CSC(=S)N(Cc2ccccn2)C1. The second kappa shape index (κ2) is 5.61. The van der Waals surface area contributed by atoms with Gasteiger partial charge in [0.25, 0.3) is 0 Å². The van der Waals surface area contributed by atoms with Crippen LogP contribution in [0.3, 0.4) is 0 Å². The molecule has 1 aliphatic rings. The maximum atomic E-state index is 5.36. The molecule has 1 aromatic heterocycles. The molecule has 2 rings (SSSR count). The van der Waals surface area contributed by atoms with Crippen LogP contribution in [-0.4, -0.2) is 38.2 Å². The monoisotopic (exact) mass is 253 g/mol. The molecule has 0 saturated carbocycles. The van der Waals surface area contributed by atoms with E-state index in [1.807, 2.05) is 24.4 Å². The van der Waals surface area contributed by atoms with Crippen molar-refractivity contribution in [2.45, 2.75) is 13.5 Å². The highest BCUT2D eigenvalue weighted by atomic mass is 32.2. The fourth-order valence-corrected chi connectivity index (χ4v) is 2.71. The summed E-state index contributed by atoms with van der Waals surface area (Å²) < 4.78 is 0.982.